The third-order valence-corrected chi connectivity index (χ3v) is 4.43. The van der Waals surface area contributed by atoms with Crippen LogP contribution in [0.25, 0.3) is 6.08 Å². The van der Waals surface area contributed by atoms with Gasteiger partial charge < -0.3 is 19.5 Å². The Kier molecular flexibility index (Phi) is 9.06. The molecule has 0 aromatic heterocycles. The maximum Gasteiger partial charge on any atom is 0.349 e. The lowest BCUT2D eigenvalue weighted by Crippen LogP contribution is -2.27. The molecular formula is C22H21BrN2O5. The van der Waals surface area contributed by atoms with Gasteiger partial charge in [-0.15, -0.1) is 0 Å². The van der Waals surface area contributed by atoms with Crippen LogP contribution in [-0.2, 0) is 14.3 Å². The van der Waals surface area contributed by atoms with Crippen molar-refractivity contribution in [3.8, 4) is 17.6 Å². The van der Waals surface area contributed by atoms with E-state index in [1.807, 2.05) is 25.1 Å². The molecule has 1 N–H and O–H groups in total. The van der Waals surface area contributed by atoms with E-state index < -0.39 is 11.9 Å². The summed E-state index contributed by atoms with van der Waals surface area (Å²) in [5.41, 5.74) is 1.65. The summed E-state index contributed by atoms with van der Waals surface area (Å²) < 4.78 is 16.3. The summed E-state index contributed by atoms with van der Waals surface area (Å²) in [4.78, 5) is 24.0. The predicted molar refractivity (Wildman–Crippen MR) is 115 cm³/mol. The highest BCUT2D eigenvalue weighted by Crippen LogP contribution is 2.25. The Morgan fingerprint density at radius 3 is 2.57 bits per heavy atom. The highest BCUT2D eigenvalue weighted by Gasteiger charge is 2.10. The number of aryl methyl sites for hydroxylation is 1. The van der Waals surface area contributed by atoms with E-state index in [1.54, 1.807) is 30.3 Å². The van der Waals surface area contributed by atoms with Gasteiger partial charge >= 0.3 is 5.97 Å². The third-order valence-electron chi connectivity index (χ3n) is 3.81. The first-order chi connectivity index (χ1) is 14.4. The number of methoxy groups -OCH3 is 1. The van der Waals surface area contributed by atoms with E-state index in [1.165, 1.54) is 13.2 Å². The van der Waals surface area contributed by atoms with Crippen molar-refractivity contribution in [3.05, 3.63) is 63.6 Å². The van der Waals surface area contributed by atoms with Gasteiger partial charge in [-0.05, 0) is 64.3 Å². The molecule has 0 atom stereocenters. The van der Waals surface area contributed by atoms with E-state index in [0.29, 0.717) is 30.2 Å². The smallest absolute Gasteiger partial charge is 0.349 e. The summed E-state index contributed by atoms with van der Waals surface area (Å²) >= 11 is 3.38. The quantitative estimate of drug-likeness (QED) is 0.197. The number of amides is 1. The van der Waals surface area contributed by atoms with Crippen molar-refractivity contribution in [2.75, 3.05) is 26.9 Å². The van der Waals surface area contributed by atoms with Crippen molar-refractivity contribution in [1.82, 2.24) is 5.32 Å². The first-order valence-corrected chi connectivity index (χ1v) is 9.81. The second kappa shape index (κ2) is 11.8. The van der Waals surface area contributed by atoms with Gasteiger partial charge in [0.05, 0.1) is 11.1 Å². The van der Waals surface area contributed by atoms with E-state index in [9.17, 15) is 14.9 Å². The molecule has 8 heteroatoms. The molecule has 0 heterocycles. The number of carbonyl (C=O) groups is 2. The summed E-state index contributed by atoms with van der Waals surface area (Å²) in [6.07, 6.45) is 1.45. The lowest BCUT2D eigenvalue weighted by atomic mass is 10.1. The number of ether oxygens (including phenoxy) is 3. The second-order valence-corrected chi connectivity index (χ2v) is 7.04. The van der Waals surface area contributed by atoms with Crippen LogP contribution >= 0.6 is 15.9 Å². The highest BCUT2D eigenvalue weighted by molar-refractivity contribution is 9.10. The number of halogens is 1. The summed E-state index contributed by atoms with van der Waals surface area (Å²) in [6.45, 7) is 2.37. The first-order valence-electron chi connectivity index (χ1n) is 9.01. The molecule has 0 bridgehead atoms. The van der Waals surface area contributed by atoms with Crippen molar-refractivity contribution in [1.29, 1.82) is 5.26 Å². The standard InChI is InChI=1S/C22H21BrN2O5/c1-15-3-8-20(19(23)11-15)29-14-21(26)30-18-6-4-16(5-7-18)12-17(13-24)22(27)25-9-10-28-2/h3-8,11-12H,9-10,14H2,1-2H3,(H,25,27)/b17-12+. The largest absolute Gasteiger partial charge is 0.481 e. The summed E-state index contributed by atoms with van der Waals surface area (Å²) in [5.74, 6) is -0.164. The van der Waals surface area contributed by atoms with E-state index in [2.05, 4.69) is 21.2 Å². The minimum absolute atomic E-state index is 0.0343. The van der Waals surface area contributed by atoms with E-state index in [4.69, 9.17) is 14.2 Å². The minimum Gasteiger partial charge on any atom is -0.481 e. The summed E-state index contributed by atoms with van der Waals surface area (Å²) in [5, 5.41) is 11.8. The number of carbonyl (C=O) groups excluding carboxylic acids is 2. The topological polar surface area (TPSA) is 97.6 Å². The Bertz CT molecular complexity index is 964. The Morgan fingerprint density at radius 1 is 1.20 bits per heavy atom. The molecule has 0 aliphatic heterocycles. The molecule has 0 saturated carbocycles. The Hall–Kier alpha value is -3.15. The number of nitrogens with zero attached hydrogens (tertiary/aromatic N) is 1. The summed E-state index contributed by atoms with van der Waals surface area (Å²) in [6, 6.07) is 13.8. The van der Waals surface area contributed by atoms with Crippen molar-refractivity contribution in [3.63, 3.8) is 0 Å². The van der Waals surface area contributed by atoms with Crippen molar-refractivity contribution in [2.24, 2.45) is 0 Å². The average Bonchev–Trinajstić information content (AvgIpc) is 2.72. The van der Waals surface area contributed by atoms with Gasteiger partial charge in [0.2, 0.25) is 0 Å². The fourth-order valence-corrected chi connectivity index (χ4v) is 2.94. The average molecular weight is 473 g/mol. The van der Waals surface area contributed by atoms with Gasteiger partial charge in [0.1, 0.15) is 23.1 Å². The molecule has 156 valence electrons. The van der Waals surface area contributed by atoms with Gasteiger partial charge in [0.15, 0.2) is 6.61 Å². The molecule has 0 aliphatic carbocycles. The molecule has 1 amide bonds. The van der Waals surface area contributed by atoms with Gasteiger partial charge in [-0.2, -0.15) is 5.26 Å². The minimum atomic E-state index is -0.555. The van der Waals surface area contributed by atoms with E-state index in [0.717, 1.165) is 10.0 Å². The predicted octanol–water partition coefficient (Wildman–Crippen LogP) is 3.41. The van der Waals surface area contributed by atoms with Crippen molar-refractivity contribution in [2.45, 2.75) is 6.92 Å². The molecule has 30 heavy (non-hydrogen) atoms. The van der Waals surface area contributed by atoms with Crippen molar-refractivity contribution < 1.29 is 23.8 Å². The molecule has 0 unspecified atom stereocenters. The van der Waals surface area contributed by atoms with E-state index >= 15 is 0 Å². The zero-order valence-electron chi connectivity index (χ0n) is 16.6. The summed E-state index contributed by atoms with van der Waals surface area (Å²) in [7, 11) is 1.52. The molecule has 2 rings (SSSR count). The molecule has 0 fully saturated rings. The molecule has 0 spiro atoms. The lowest BCUT2D eigenvalue weighted by molar-refractivity contribution is -0.136. The monoisotopic (exact) mass is 472 g/mol. The number of benzene rings is 2. The highest BCUT2D eigenvalue weighted by atomic mass is 79.9. The van der Waals surface area contributed by atoms with Crippen LogP contribution in [0.3, 0.4) is 0 Å². The molecule has 0 radical (unpaired) electrons. The van der Waals surface area contributed by atoms with Gasteiger partial charge in [-0.25, -0.2) is 4.79 Å². The van der Waals surface area contributed by atoms with E-state index in [-0.39, 0.29) is 12.2 Å². The zero-order chi connectivity index (χ0) is 21.9. The molecular weight excluding hydrogens is 452 g/mol. The van der Waals surface area contributed by atoms with Crippen LogP contribution in [0.5, 0.6) is 11.5 Å². The maximum absolute atomic E-state index is 12.0. The van der Waals surface area contributed by atoms with Crippen LogP contribution < -0.4 is 14.8 Å². The third kappa shape index (κ3) is 7.35. The van der Waals surface area contributed by atoms with Crippen LogP contribution in [0.4, 0.5) is 0 Å². The number of hydrogen-bond acceptors (Lipinski definition) is 6. The fraction of sp³-hybridized carbons (Fsp3) is 0.227. The van der Waals surface area contributed by atoms with Gasteiger partial charge in [-0.3, -0.25) is 4.79 Å². The van der Waals surface area contributed by atoms with Crippen LogP contribution in [0, 0.1) is 18.3 Å². The fourth-order valence-electron chi connectivity index (χ4n) is 2.33. The molecule has 0 aliphatic rings. The number of nitrogens with one attached hydrogen (secondary N) is 1. The first kappa shape index (κ1) is 23.1. The SMILES string of the molecule is COCCNC(=O)/C(C#N)=C/c1ccc(OC(=O)COc2ccc(C)cc2Br)cc1. The normalized spacial score (nSPS) is 10.8. The molecule has 0 saturated heterocycles. The van der Waals surface area contributed by atoms with Crippen LogP contribution in [0.15, 0.2) is 52.5 Å². The molecule has 2 aromatic carbocycles. The van der Waals surface area contributed by atoms with Gasteiger partial charge in [0.25, 0.3) is 5.91 Å². The Labute approximate surface area is 183 Å². The second-order valence-electron chi connectivity index (χ2n) is 6.18. The Balaban J connectivity index is 1.92. The Morgan fingerprint density at radius 2 is 1.93 bits per heavy atom. The number of rotatable bonds is 9. The van der Waals surface area contributed by atoms with Gasteiger partial charge in [0, 0.05) is 13.7 Å². The van der Waals surface area contributed by atoms with Crippen molar-refractivity contribution >= 4 is 33.9 Å². The maximum atomic E-state index is 12.0. The lowest BCUT2D eigenvalue weighted by Gasteiger charge is -2.09. The molecule has 7 nitrogen and oxygen atoms in total. The van der Waals surface area contributed by atoms with Crippen LogP contribution in [0.2, 0.25) is 0 Å². The molecule has 2 aromatic rings. The van der Waals surface area contributed by atoms with Crippen LogP contribution in [-0.4, -0.2) is 38.7 Å². The number of hydrogen-bond donors (Lipinski definition) is 1. The van der Waals surface area contributed by atoms with Crippen LogP contribution in [0.1, 0.15) is 11.1 Å². The van der Waals surface area contributed by atoms with Gasteiger partial charge in [-0.1, -0.05) is 18.2 Å². The zero-order valence-corrected chi connectivity index (χ0v) is 18.2. The number of esters is 1. The number of nitriles is 1.